The molecule has 22 heavy (non-hydrogen) atoms. The Bertz CT molecular complexity index is 521. The average molecular weight is 529 g/mol. The van der Waals surface area contributed by atoms with Crippen molar-refractivity contribution in [3.05, 3.63) is 35.4 Å². The van der Waals surface area contributed by atoms with Crippen molar-refractivity contribution >= 4 is 11.8 Å². The molecule has 0 aromatic heterocycles. The Balaban J connectivity index is 0.00000242. The van der Waals surface area contributed by atoms with E-state index in [-0.39, 0.29) is 49.1 Å². The Morgan fingerprint density at radius 1 is 1.18 bits per heavy atom. The third-order valence-electron chi connectivity index (χ3n) is 4.05. The van der Waals surface area contributed by atoms with Crippen LogP contribution < -0.4 is 16.1 Å². The number of hydroxylamine groups is 1. The van der Waals surface area contributed by atoms with E-state index >= 15 is 0 Å². The number of hydrogen-bond acceptors (Lipinski definition) is 4. The van der Waals surface area contributed by atoms with Gasteiger partial charge in [-0.3, -0.25) is 14.8 Å². The van der Waals surface area contributed by atoms with Gasteiger partial charge in [0.2, 0.25) is 5.91 Å². The summed E-state index contributed by atoms with van der Waals surface area (Å²) in [6.07, 6.45) is 1.24. The molecule has 0 saturated heterocycles. The fraction of sp³-hybridized carbons (Fsp3) is 0.467. The fourth-order valence-corrected chi connectivity index (χ4v) is 2.76. The number of benzene rings is 1. The van der Waals surface area contributed by atoms with Crippen LogP contribution >= 0.6 is 0 Å². The van der Waals surface area contributed by atoms with Gasteiger partial charge in [-0.05, 0) is 38.9 Å². The molecule has 1 aliphatic rings. The second kappa shape index (κ2) is 8.68. The summed E-state index contributed by atoms with van der Waals surface area (Å²) in [5.74, 6) is -1.09. The fourth-order valence-electron chi connectivity index (χ4n) is 2.76. The van der Waals surface area contributed by atoms with Crippen LogP contribution in [0.3, 0.4) is 0 Å². The number of amides is 2. The first-order valence-electron chi connectivity index (χ1n) is 7.04. The van der Waals surface area contributed by atoms with Gasteiger partial charge in [0.15, 0.2) is 0 Å². The summed E-state index contributed by atoms with van der Waals surface area (Å²) in [7, 11) is 1.82. The summed E-state index contributed by atoms with van der Waals surface area (Å²) >= 11 is 0. The van der Waals surface area contributed by atoms with Crippen molar-refractivity contribution in [1.82, 2.24) is 16.1 Å². The van der Waals surface area contributed by atoms with Gasteiger partial charge in [-0.2, -0.15) is 0 Å². The van der Waals surface area contributed by atoms with Gasteiger partial charge >= 0.3 is 0 Å². The summed E-state index contributed by atoms with van der Waals surface area (Å²) in [5.41, 5.74) is 3.33. The van der Waals surface area contributed by atoms with Crippen molar-refractivity contribution < 1.29 is 45.9 Å². The maximum absolute atomic E-state index is 12.2. The van der Waals surface area contributed by atoms with Crippen molar-refractivity contribution in [3.63, 3.8) is 0 Å². The average Bonchev–Trinajstić information content (AvgIpc) is 2.90. The summed E-state index contributed by atoms with van der Waals surface area (Å²) in [4.78, 5) is 23.9. The van der Waals surface area contributed by atoms with Gasteiger partial charge in [0.1, 0.15) is 0 Å². The van der Waals surface area contributed by atoms with Gasteiger partial charge < -0.3 is 10.6 Å². The molecule has 1 aliphatic carbocycles. The Morgan fingerprint density at radius 3 is 2.36 bits per heavy atom. The number of nitrogens with one attached hydrogen (secondary N) is 3. The zero-order valence-electron chi connectivity index (χ0n) is 12.7. The molecule has 0 heterocycles. The molecule has 7 heteroatoms. The van der Waals surface area contributed by atoms with E-state index in [2.05, 4.69) is 10.6 Å². The zero-order valence-corrected chi connectivity index (χ0v) is 16.9. The van der Waals surface area contributed by atoms with Crippen LogP contribution in [-0.4, -0.2) is 36.2 Å². The molecule has 4 N–H and O–H groups in total. The second-order valence-electron chi connectivity index (χ2n) is 5.49. The number of hydrogen-bond donors (Lipinski definition) is 4. The van der Waals surface area contributed by atoms with Gasteiger partial charge in [-0.1, -0.05) is 17.7 Å². The molecule has 1 aromatic carbocycles. The first kappa shape index (κ1) is 19.2. The Hall–Kier alpha value is -0.868. The van der Waals surface area contributed by atoms with E-state index in [9.17, 15) is 9.59 Å². The molecule has 3 atom stereocenters. The minimum absolute atomic E-state index is 0. The normalized spacial score (nSPS) is 23.5. The number of rotatable bonds is 4. The van der Waals surface area contributed by atoms with Crippen molar-refractivity contribution in [3.8, 4) is 0 Å². The van der Waals surface area contributed by atoms with Crippen LogP contribution in [0.4, 0.5) is 0 Å². The van der Waals surface area contributed by atoms with Gasteiger partial charge in [-0.15, -0.1) is 0 Å². The van der Waals surface area contributed by atoms with Crippen LogP contribution in [0.25, 0.3) is 0 Å². The van der Waals surface area contributed by atoms with Crippen molar-refractivity contribution in [1.29, 1.82) is 0 Å². The maximum atomic E-state index is 12.2. The maximum Gasteiger partial charge on any atom is 0.251 e. The van der Waals surface area contributed by atoms with Crippen molar-refractivity contribution in [2.24, 2.45) is 5.92 Å². The van der Waals surface area contributed by atoms with E-state index in [1.54, 1.807) is 17.6 Å². The van der Waals surface area contributed by atoms with Crippen LogP contribution in [-0.2, 0) is 4.79 Å². The molecule has 1 aromatic rings. The minimum atomic E-state index is -0.457. The predicted molar refractivity (Wildman–Crippen MR) is 77.9 cm³/mol. The molecule has 0 radical (unpaired) electrons. The Morgan fingerprint density at radius 2 is 1.82 bits per heavy atom. The van der Waals surface area contributed by atoms with E-state index in [0.29, 0.717) is 18.4 Å². The van der Waals surface area contributed by atoms with Gasteiger partial charge in [0.05, 0.1) is 5.92 Å². The molecule has 0 bridgehead atoms. The Kier molecular flexibility index (Phi) is 7.57. The van der Waals surface area contributed by atoms with E-state index in [0.717, 1.165) is 5.56 Å². The number of aryl methyl sites for hydroxylation is 1. The molecular weight excluding hydrogens is 508 g/mol. The molecular formula is C15H21N3O3U. The van der Waals surface area contributed by atoms with Crippen LogP contribution in [0.2, 0.25) is 0 Å². The summed E-state index contributed by atoms with van der Waals surface area (Å²) in [5, 5.41) is 14.8. The molecule has 2 unspecified atom stereocenters. The molecule has 1 saturated carbocycles. The third-order valence-corrected chi connectivity index (χ3v) is 4.05. The summed E-state index contributed by atoms with van der Waals surface area (Å²) < 4.78 is 0. The van der Waals surface area contributed by atoms with Gasteiger partial charge in [0.25, 0.3) is 5.91 Å². The number of carbonyl (C=O) groups is 2. The van der Waals surface area contributed by atoms with E-state index in [4.69, 9.17) is 5.21 Å². The molecule has 6 nitrogen and oxygen atoms in total. The molecule has 2 rings (SSSR count). The monoisotopic (exact) mass is 529 g/mol. The largest absolute Gasteiger partial charge is 0.348 e. The standard InChI is InChI=1S/C15H21N3O3.U/c1-9-3-5-10(6-4-9)14(19)17-13-8-11(16-2)7-12(13)15(20)18-21;/h3-6,11-13,16,21H,7-8H2,1-2H3,(H,17,19)(H,18,20);/t11?,12-,13?;/m0./s1. The van der Waals surface area contributed by atoms with Crippen LogP contribution in [0.1, 0.15) is 28.8 Å². The SMILES string of the molecule is CNC1CC(NC(=O)c2ccc(C)cc2)[C@@H](C(=O)NO)C1.[U]. The third kappa shape index (κ3) is 4.56. The molecule has 1 fully saturated rings. The van der Waals surface area contributed by atoms with E-state index in [1.807, 2.05) is 26.1 Å². The second-order valence-corrected chi connectivity index (χ2v) is 5.49. The van der Waals surface area contributed by atoms with Crippen molar-refractivity contribution in [2.45, 2.75) is 31.8 Å². The van der Waals surface area contributed by atoms with E-state index in [1.165, 1.54) is 0 Å². The Labute approximate surface area is 153 Å². The smallest absolute Gasteiger partial charge is 0.251 e. The molecule has 118 valence electrons. The quantitative estimate of drug-likeness (QED) is 0.340. The summed E-state index contributed by atoms with van der Waals surface area (Å²) in [6, 6.07) is 7.13. The van der Waals surface area contributed by atoms with Gasteiger partial charge in [-0.25, -0.2) is 5.48 Å². The first-order valence-corrected chi connectivity index (χ1v) is 7.04. The topological polar surface area (TPSA) is 90.5 Å². The number of carbonyl (C=O) groups excluding carboxylic acids is 2. The van der Waals surface area contributed by atoms with Crippen LogP contribution in [0, 0.1) is 44.0 Å². The van der Waals surface area contributed by atoms with E-state index < -0.39 is 11.8 Å². The first-order chi connectivity index (χ1) is 10.0. The minimum Gasteiger partial charge on any atom is -0.348 e. The molecule has 0 spiro atoms. The van der Waals surface area contributed by atoms with Crippen LogP contribution in [0.15, 0.2) is 24.3 Å². The van der Waals surface area contributed by atoms with Gasteiger partial charge in [0, 0.05) is 48.8 Å². The predicted octanol–water partition coefficient (Wildman–Crippen LogP) is 0.597. The molecule has 0 aliphatic heterocycles. The van der Waals surface area contributed by atoms with Crippen LogP contribution in [0.5, 0.6) is 0 Å². The zero-order chi connectivity index (χ0) is 15.4. The summed E-state index contributed by atoms with van der Waals surface area (Å²) in [6.45, 7) is 1.96. The molecule has 2 amide bonds. The van der Waals surface area contributed by atoms with Crippen molar-refractivity contribution in [2.75, 3.05) is 7.05 Å².